The Balaban J connectivity index is 0.000000810. The number of allylic oxidation sites excluding steroid dienone is 2. The van der Waals surface area contributed by atoms with E-state index in [1.54, 1.807) is 0 Å². The average Bonchev–Trinajstić information content (AvgIpc) is 1.79. The highest BCUT2D eigenvalue weighted by atomic mass is 35.5. The lowest BCUT2D eigenvalue weighted by Gasteiger charge is -2.05. The quantitative estimate of drug-likeness (QED) is 0.549. The maximum absolute atomic E-state index is 5.79. The molecule has 0 amide bonds. The van der Waals surface area contributed by atoms with Crippen molar-refractivity contribution < 1.29 is 0 Å². The molecular weight excluding hydrogens is 209 g/mol. The van der Waals surface area contributed by atoms with Gasteiger partial charge in [-0.1, -0.05) is 23.2 Å². The Labute approximate surface area is 78.0 Å². The van der Waals surface area contributed by atoms with Crippen molar-refractivity contribution in [2.45, 2.75) is 0 Å². The van der Waals surface area contributed by atoms with Gasteiger partial charge in [-0.05, 0) is 19.1 Å². The third-order valence-electron chi connectivity index (χ3n) is 1.27. The smallest absolute Gasteiger partial charge is 0.0556 e. The number of hydrogen-bond acceptors (Lipinski definition) is 0. The Kier molecular flexibility index (Phi) is 3.86. The Bertz CT molecular complexity index is 211. The highest BCUT2D eigenvalue weighted by molar-refractivity contribution is 7.74. The summed E-state index contributed by atoms with van der Waals surface area (Å²) in [7, 11) is 0. The molecule has 0 aromatic rings. The normalized spacial score (nSPS) is 22.0. The molecular formula is C6H10Cl3P. The van der Waals surface area contributed by atoms with Crippen LogP contribution in [0.15, 0.2) is 10.1 Å². The fraction of sp³-hybridized carbons (Fsp3) is 0.500. The highest BCUT2D eigenvalue weighted by Gasteiger charge is 2.15. The minimum absolute atomic E-state index is 0. The Morgan fingerprint density at radius 3 is 2.00 bits per heavy atom. The van der Waals surface area contributed by atoms with Gasteiger partial charge in [-0.15, -0.1) is 19.3 Å². The molecule has 0 aromatic carbocycles. The molecule has 0 saturated carbocycles. The van der Waals surface area contributed by atoms with E-state index in [1.165, 1.54) is 0 Å². The van der Waals surface area contributed by atoms with Crippen LogP contribution in [0.5, 0.6) is 0 Å². The van der Waals surface area contributed by atoms with E-state index in [9.17, 15) is 0 Å². The van der Waals surface area contributed by atoms with Crippen molar-refractivity contribution >= 4 is 48.3 Å². The molecule has 0 nitrogen and oxygen atoms in total. The Morgan fingerprint density at radius 1 is 1.40 bits per heavy atom. The van der Waals surface area contributed by atoms with Gasteiger partial charge < -0.3 is 0 Å². The van der Waals surface area contributed by atoms with E-state index in [0.29, 0.717) is 0 Å². The number of rotatable bonds is 0. The van der Waals surface area contributed by atoms with Crippen LogP contribution in [0, 0.1) is 0 Å². The average molecular weight is 219 g/mol. The first kappa shape index (κ1) is 10.9. The lowest BCUT2D eigenvalue weighted by atomic mass is 10.6. The van der Waals surface area contributed by atoms with Gasteiger partial charge in [-0.2, -0.15) is 0 Å². The second-order valence-corrected chi connectivity index (χ2v) is 7.81. The molecule has 0 saturated heterocycles. The molecule has 1 heterocycles. The predicted octanol–water partition coefficient (Wildman–Crippen LogP) is 3.19. The summed E-state index contributed by atoms with van der Waals surface area (Å²) in [4.78, 5) is 0. The number of hydrogen-bond donors (Lipinski definition) is 0. The van der Waals surface area contributed by atoms with Gasteiger partial charge in [-0.3, -0.25) is 0 Å². The molecule has 0 atom stereocenters. The second-order valence-electron chi connectivity index (χ2n) is 2.82. The summed E-state index contributed by atoms with van der Waals surface area (Å²) in [6.45, 7) is 3.59. The molecule has 0 aliphatic carbocycles. The summed E-state index contributed by atoms with van der Waals surface area (Å²) in [6.07, 6.45) is 0.993. The van der Waals surface area contributed by atoms with E-state index < -0.39 is 6.89 Å². The van der Waals surface area contributed by atoms with Gasteiger partial charge in [0.2, 0.25) is 0 Å². The zero-order valence-electron chi connectivity index (χ0n) is 5.90. The van der Waals surface area contributed by atoms with Crippen LogP contribution >= 0.6 is 42.5 Å². The standard InChI is InChI=1S/C6H9Cl2P.ClH/c1-9(2)3-5(7)6(8)4-9;/h3H,4H2,1-2H3;1H. The predicted molar refractivity (Wildman–Crippen MR) is 55.7 cm³/mol. The maximum Gasteiger partial charge on any atom is 0.0556 e. The molecule has 1 rings (SSSR count). The molecule has 10 heavy (non-hydrogen) atoms. The fourth-order valence-corrected chi connectivity index (χ4v) is 4.61. The van der Waals surface area contributed by atoms with Crippen LogP contribution in [0.3, 0.4) is 0 Å². The molecule has 1 aliphatic rings. The maximum atomic E-state index is 5.79. The van der Waals surface area contributed by atoms with Gasteiger partial charge in [0.15, 0.2) is 0 Å². The lowest BCUT2D eigenvalue weighted by molar-refractivity contribution is 1.67. The van der Waals surface area contributed by atoms with Gasteiger partial charge in [0.1, 0.15) is 0 Å². The van der Waals surface area contributed by atoms with Gasteiger partial charge in [0.05, 0.1) is 5.03 Å². The van der Waals surface area contributed by atoms with E-state index in [-0.39, 0.29) is 12.4 Å². The SMILES string of the molecule is CP1(C)=CC(Cl)=C(Cl)C1.Cl. The molecule has 0 unspecified atom stereocenters. The van der Waals surface area contributed by atoms with Crippen LogP contribution in [-0.2, 0) is 0 Å². The Hall–Kier alpha value is 0.910. The summed E-state index contributed by atoms with van der Waals surface area (Å²) in [6, 6.07) is 0. The van der Waals surface area contributed by atoms with Gasteiger partial charge in [0.25, 0.3) is 0 Å². The van der Waals surface area contributed by atoms with Crippen molar-refractivity contribution in [3.8, 4) is 0 Å². The Morgan fingerprint density at radius 2 is 1.90 bits per heavy atom. The first-order valence-electron chi connectivity index (χ1n) is 2.74. The van der Waals surface area contributed by atoms with Gasteiger partial charge in [0, 0.05) is 11.2 Å². The molecule has 0 fully saturated rings. The monoisotopic (exact) mass is 218 g/mol. The molecule has 0 bridgehead atoms. The van der Waals surface area contributed by atoms with E-state index in [1.807, 2.05) is 0 Å². The molecule has 60 valence electrons. The third kappa shape index (κ3) is 2.51. The van der Waals surface area contributed by atoms with Crippen LogP contribution in [0.2, 0.25) is 0 Å². The van der Waals surface area contributed by atoms with E-state index in [0.717, 1.165) is 16.2 Å². The molecule has 0 radical (unpaired) electrons. The van der Waals surface area contributed by atoms with Crippen LogP contribution in [-0.4, -0.2) is 25.3 Å². The second kappa shape index (κ2) is 3.54. The summed E-state index contributed by atoms with van der Waals surface area (Å²) in [5.74, 6) is 2.11. The summed E-state index contributed by atoms with van der Waals surface area (Å²) in [5.41, 5.74) is 0. The van der Waals surface area contributed by atoms with Crippen molar-refractivity contribution in [2.24, 2.45) is 0 Å². The van der Waals surface area contributed by atoms with Crippen molar-refractivity contribution in [1.82, 2.24) is 0 Å². The molecule has 0 N–H and O–H groups in total. The lowest BCUT2D eigenvalue weighted by Crippen LogP contribution is -1.79. The molecule has 0 spiro atoms. The van der Waals surface area contributed by atoms with Gasteiger partial charge in [-0.25, -0.2) is 0 Å². The van der Waals surface area contributed by atoms with Crippen molar-refractivity contribution in [1.29, 1.82) is 0 Å². The van der Waals surface area contributed by atoms with Crippen LogP contribution in [0.25, 0.3) is 0 Å². The number of halogens is 3. The molecule has 4 heteroatoms. The first-order chi connectivity index (χ1) is 4.01. The first-order valence-corrected chi connectivity index (χ1v) is 6.43. The minimum Gasteiger partial charge on any atom is -0.147 e. The fourth-order valence-electron chi connectivity index (χ4n) is 0.856. The highest BCUT2D eigenvalue weighted by Crippen LogP contribution is 2.47. The van der Waals surface area contributed by atoms with E-state index in [2.05, 4.69) is 19.1 Å². The minimum atomic E-state index is -0.868. The zero-order chi connectivity index (χ0) is 7.07. The van der Waals surface area contributed by atoms with Crippen molar-refractivity contribution in [3.63, 3.8) is 0 Å². The summed E-state index contributed by atoms with van der Waals surface area (Å²) >= 11 is 11.6. The summed E-state index contributed by atoms with van der Waals surface area (Å²) in [5, 5.41) is 1.62. The van der Waals surface area contributed by atoms with Crippen molar-refractivity contribution in [3.05, 3.63) is 10.1 Å². The van der Waals surface area contributed by atoms with Gasteiger partial charge >= 0.3 is 0 Å². The van der Waals surface area contributed by atoms with Crippen molar-refractivity contribution in [2.75, 3.05) is 19.5 Å². The van der Waals surface area contributed by atoms with Crippen LogP contribution in [0.4, 0.5) is 0 Å². The topological polar surface area (TPSA) is 0 Å². The zero-order valence-corrected chi connectivity index (χ0v) is 9.12. The summed E-state index contributed by atoms with van der Waals surface area (Å²) < 4.78 is 0. The van der Waals surface area contributed by atoms with Crippen LogP contribution in [0.1, 0.15) is 0 Å². The molecule has 1 aliphatic heterocycles. The molecule has 0 aromatic heterocycles. The van der Waals surface area contributed by atoms with Crippen LogP contribution < -0.4 is 0 Å². The largest absolute Gasteiger partial charge is 0.147 e. The third-order valence-corrected chi connectivity index (χ3v) is 4.47. The van der Waals surface area contributed by atoms with E-state index in [4.69, 9.17) is 23.2 Å². The van der Waals surface area contributed by atoms with E-state index >= 15 is 0 Å².